The fourth-order valence-corrected chi connectivity index (χ4v) is 6.03. The van der Waals surface area contributed by atoms with Crippen molar-refractivity contribution in [3.63, 3.8) is 0 Å². The smallest absolute Gasteiger partial charge is 0.406 e. The molecule has 0 spiro atoms. The number of hydrogen-bond acceptors (Lipinski definition) is 6. The zero-order chi connectivity index (χ0) is 31.5. The van der Waals surface area contributed by atoms with E-state index in [0.717, 1.165) is 11.1 Å². The van der Waals surface area contributed by atoms with Crippen LogP contribution in [0.3, 0.4) is 0 Å². The first-order valence-corrected chi connectivity index (χ1v) is 15.1. The molecule has 1 fully saturated rings. The zero-order valence-corrected chi connectivity index (χ0v) is 25.4. The molecule has 2 amide bonds. The van der Waals surface area contributed by atoms with Crippen LogP contribution >= 0.6 is 0 Å². The summed E-state index contributed by atoms with van der Waals surface area (Å²) in [6.45, 7) is 4.29. The SMILES string of the molecule is COC(=O)NCCC[C@@](O)(c1cccc(F)c1-c1cccc(C)c1)[C@@H]1CCCN(C(=O)c2ccc(CNCCC#N)cc2)C1. The second-order valence-corrected chi connectivity index (χ2v) is 11.4. The van der Waals surface area contributed by atoms with Crippen molar-refractivity contribution in [2.75, 3.05) is 33.3 Å². The summed E-state index contributed by atoms with van der Waals surface area (Å²) in [6.07, 6.45) is 1.89. The van der Waals surface area contributed by atoms with Gasteiger partial charge in [-0.3, -0.25) is 4.79 Å². The van der Waals surface area contributed by atoms with Gasteiger partial charge in [0.25, 0.3) is 5.91 Å². The first-order valence-electron chi connectivity index (χ1n) is 15.1. The molecule has 0 bridgehead atoms. The van der Waals surface area contributed by atoms with Crippen molar-refractivity contribution >= 4 is 12.0 Å². The van der Waals surface area contributed by atoms with Gasteiger partial charge in [-0.05, 0) is 67.5 Å². The van der Waals surface area contributed by atoms with Gasteiger partial charge in [-0.25, -0.2) is 9.18 Å². The van der Waals surface area contributed by atoms with Crippen LogP contribution in [0.2, 0.25) is 0 Å². The van der Waals surface area contributed by atoms with Crippen molar-refractivity contribution in [3.8, 4) is 17.2 Å². The van der Waals surface area contributed by atoms with Crippen molar-refractivity contribution in [2.45, 2.75) is 51.2 Å². The van der Waals surface area contributed by atoms with E-state index in [4.69, 9.17) is 5.26 Å². The first kappa shape index (κ1) is 32.6. The molecular weight excluding hydrogens is 559 g/mol. The molecule has 9 heteroatoms. The van der Waals surface area contributed by atoms with E-state index >= 15 is 4.39 Å². The van der Waals surface area contributed by atoms with Gasteiger partial charge in [-0.15, -0.1) is 0 Å². The van der Waals surface area contributed by atoms with Crippen LogP contribution < -0.4 is 10.6 Å². The molecule has 3 N–H and O–H groups in total. The number of carbonyl (C=O) groups excluding carboxylic acids is 2. The minimum atomic E-state index is -1.48. The summed E-state index contributed by atoms with van der Waals surface area (Å²) in [4.78, 5) is 27.1. The Bertz CT molecular complexity index is 1470. The third kappa shape index (κ3) is 8.01. The van der Waals surface area contributed by atoms with Crippen LogP contribution in [-0.2, 0) is 16.9 Å². The lowest BCUT2D eigenvalue weighted by Crippen LogP contribution is -2.48. The molecular formula is C35H41FN4O4. The summed E-state index contributed by atoms with van der Waals surface area (Å²) in [5, 5.41) is 27.2. The number of alkyl carbamates (subject to hydrolysis) is 1. The van der Waals surface area contributed by atoms with Crippen LogP contribution in [0.25, 0.3) is 11.1 Å². The third-order valence-corrected chi connectivity index (χ3v) is 8.30. The molecule has 1 aliphatic heterocycles. The highest BCUT2D eigenvalue weighted by Gasteiger charge is 2.43. The first-order chi connectivity index (χ1) is 21.3. The molecule has 2 atom stereocenters. The van der Waals surface area contributed by atoms with E-state index in [1.807, 2.05) is 43.3 Å². The second-order valence-electron chi connectivity index (χ2n) is 11.4. The lowest BCUT2D eigenvalue weighted by Gasteiger charge is -2.43. The molecule has 8 nitrogen and oxygen atoms in total. The third-order valence-electron chi connectivity index (χ3n) is 8.30. The fraction of sp³-hybridized carbons (Fsp3) is 0.400. The Morgan fingerprint density at radius 3 is 2.64 bits per heavy atom. The van der Waals surface area contributed by atoms with E-state index in [1.165, 1.54) is 13.2 Å². The minimum Gasteiger partial charge on any atom is -0.453 e. The Balaban J connectivity index is 1.61. The Morgan fingerprint density at radius 1 is 1.14 bits per heavy atom. The van der Waals surface area contributed by atoms with Gasteiger partial charge in [0, 0.05) is 56.2 Å². The monoisotopic (exact) mass is 600 g/mol. The Hall–Kier alpha value is -4.26. The van der Waals surface area contributed by atoms with E-state index in [9.17, 15) is 14.7 Å². The number of nitrogens with zero attached hydrogens (tertiary/aromatic N) is 2. The van der Waals surface area contributed by atoms with Crippen LogP contribution in [0, 0.1) is 30.0 Å². The number of nitrogens with one attached hydrogen (secondary N) is 2. The molecule has 0 unspecified atom stereocenters. The number of hydrogen-bond donors (Lipinski definition) is 3. The second kappa shape index (κ2) is 15.5. The number of amides is 2. The zero-order valence-electron chi connectivity index (χ0n) is 25.4. The fourth-order valence-electron chi connectivity index (χ4n) is 6.03. The number of nitriles is 1. The van der Waals surface area contributed by atoms with Gasteiger partial charge >= 0.3 is 6.09 Å². The predicted molar refractivity (Wildman–Crippen MR) is 167 cm³/mol. The van der Waals surface area contributed by atoms with Crippen molar-refractivity contribution in [3.05, 3.63) is 94.8 Å². The number of halogens is 1. The Morgan fingerprint density at radius 2 is 1.91 bits per heavy atom. The molecule has 0 radical (unpaired) electrons. The summed E-state index contributed by atoms with van der Waals surface area (Å²) in [6, 6.07) is 21.9. The van der Waals surface area contributed by atoms with Crippen LogP contribution in [-0.4, -0.2) is 55.3 Å². The highest BCUT2D eigenvalue weighted by molar-refractivity contribution is 5.94. The molecule has 1 aliphatic rings. The molecule has 232 valence electrons. The molecule has 44 heavy (non-hydrogen) atoms. The van der Waals surface area contributed by atoms with Crippen LogP contribution in [0.4, 0.5) is 9.18 Å². The number of benzene rings is 3. The van der Waals surface area contributed by atoms with Gasteiger partial charge in [0.15, 0.2) is 0 Å². The summed E-state index contributed by atoms with van der Waals surface area (Å²) in [5.41, 5.74) is 2.58. The van der Waals surface area contributed by atoms with E-state index in [-0.39, 0.29) is 24.8 Å². The van der Waals surface area contributed by atoms with E-state index in [0.29, 0.717) is 74.1 Å². The number of likely N-dealkylation sites (tertiary alicyclic amines) is 1. The van der Waals surface area contributed by atoms with Gasteiger partial charge < -0.3 is 25.4 Å². The molecule has 1 saturated heterocycles. The summed E-state index contributed by atoms with van der Waals surface area (Å²) in [7, 11) is 1.29. The topological polar surface area (TPSA) is 115 Å². The molecule has 0 saturated carbocycles. The van der Waals surface area contributed by atoms with Crippen molar-refractivity contribution in [1.29, 1.82) is 5.26 Å². The average molecular weight is 601 g/mol. The number of methoxy groups -OCH3 is 1. The quantitative estimate of drug-likeness (QED) is 0.231. The number of piperidine rings is 1. The number of carbonyl (C=O) groups is 2. The number of aryl methyl sites for hydroxylation is 1. The molecule has 1 heterocycles. The van der Waals surface area contributed by atoms with Gasteiger partial charge in [0.2, 0.25) is 0 Å². The maximum Gasteiger partial charge on any atom is 0.406 e. The standard InChI is InChI=1S/C35H41FN4O4/c1-25-8-3-9-28(22-25)32-30(11-4-12-31(32)36)35(43,17-6-20-39-34(42)44-2)29-10-5-21-40(24-29)33(41)27-15-13-26(14-16-27)23-38-19-7-18-37/h3-4,8-9,11-16,22,29,38,43H,5-7,10,17,19-21,23-24H2,1-2H3,(H,39,42)/t29-,35+/m1/s1. The van der Waals surface area contributed by atoms with E-state index < -0.39 is 17.5 Å². The number of rotatable bonds is 12. The summed E-state index contributed by atoms with van der Waals surface area (Å²) in [5.74, 6) is -0.913. The highest BCUT2D eigenvalue weighted by Crippen LogP contribution is 2.44. The normalized spacial score (nSPS) is 16.1. The maximum absolute atomic E-state index is 15.6. The van der Waals surface area contributed by atoms with Gasteiger partial charge in [0.05, 0.1) is 18.8 Å². The lowest BCUT2D eigenvalue weighted by atomic mass is 9.72. The van der Waals surface area contributed by atoms with Crippen molar-refractivity contribution < 1.29 is 23.8 Å². The number of ether oxygens (including phenoxy) is 1. The van der Waals surface area contributed by atoms with Crippen molar-refractivity contribution in [1.82, 2.24) is 15.5 Å². The summed E-state index contributed by atoms with van der Waals surface area (Å²) >= 11 is 0. The Labute approximate surface area is 258 Å². The maximum atomic E-state index is 15.6. The van der Waals surface area contributed by atoms with Crippen LogP contribution in [0.15, 0.2) is 66.7 Å². The van der Waals surface area contributed by atoms with E-state index in [1.54, 1.807) is 29.2 Å². The van der Waals surface area contributed by atoms with Crippen LogP contribution in [0.1, 0.15) is 59.2 Å². The molecule has 3 aromatic carbocycles. The van der Waals surface area contributed by atoms with Crippen LogP contribution in [0.5, 0.6) is 0 Å². The number of aliphatic hydroxyl groups is 1. The molecule has 0 aliphatic carbocycles. The highest BCUT2D eigenvalue weighted by atomic mass is 19.1. The average Bonchev–Trinajstić information content (AvgIpc) is 3.04. The largest absolute Gasteiger partial charge is 0.453 e. The lowest BCUT2D eigenvalue weighted by molar-refractivity contribution is -0.0564. The predicted octanol–water partition coefficient (Wildman–Crippen LogP) is 5.68. The summed E-state index contributed by atoms with van der Waals surface area (Å²) < 4.78 is 20.3. The molecule has 4 rings (SSSR count). The van der Waals surface area contributed by atoms with Gasteiger partial charge in [-0.2, -0.15) is 5.26 Å². The molecule has 0 aromatic heterocycles. The van der Waals surface area contributed by atoms with Gasteiger partial charge in [-0.1, -0.05) is 54.1 Å². The van der Waals surface area contributed by atoms with Crippen molar-refractivity contribution in [2.24, 2.45) is 5.92 Å². The minimum absolute atomic E-state index is 0.119. The molecule has 3 aromatic rings. The van der Waals surface area contributed by atoms with E-state index in [2.05, 4.69) is 21.4 Å². The van der Waals surface area contributed by atoms with Gasteiger partial charge in [0.1, 0.15) is 5.82 Å². The Kier molecular flexibility index (Phi) is 11.5.